The number of benzene rings is 2. The number of anilines is 2. The fourth-order valence-corrected chi connectivity index (χ4v) is 2.06. The molecule has 0 saturated carbocycles. The molecule has 0 spiro atoms. The van der Waals surface area contributed by atoms with Gasteiger partial charge in [0.2, 0.25) is 0 Å². The largest absolute Gasteiger partial charge is 0.398 e. The molecular formula is C16H21N3. The summed E-state index contributed by atoms with van der Waals surface area (Å²) in [4.78, 5) is 2.16. The van der Waals surface area contributed by atoms with E-state index in [0.717, 1.165) is 24.3 Å². The first-order valence-corrected chi connectivity index (χ1v) is 6.46. The highest BCUT2D eigenvalue weighted by Crippen LogP contribution is 2.19. The molecule has 100 valence electrons. The topological polar surface area (TPSA) is 41.3 Å². The van der Waals surface area contributed by atoms with Crippen LogP contribution in [0.3, 0.4) is 0 Å². The summed E-state index contributed by atoms with van der Waals surface area (Å²) in [6.07, 6.45) is 0. The molecule has 2 aromatic rings. The van der Waals surface area contributed by atoms with E-state index in [9.17, 15) is 0 Å². The normalized spacial score (nSPS) is 10.7. The van der Waals surface area contributed by atoms with Crippen LogP contribution in [-0.4, -0.2) is 19.0 Å². The van der Waals surface area contributed by atoms with Crippen molar-refractivity contribution in [2.75, 3.05) is 25.1 Å². The standard InChI is InChI=1S/C16H21N3/c1-19(2)12-14-8-4-6-10-16(14)18-11-13-7-3-5-9-15(13)17/h3-10,18H,11-12,17H2,1-2H3. The van der Waals surface area contributed by atoms with Crippen molar-refractivity contribution in [3.63, 3.8) is 0 Å². The summed E-state index contributed by atoms with van der Waals surface area (Å²) in [7, 11) is 4.15. The maximum Gasteiger partial charge on any atom is 0.0421 e. The Kier molecular flexibility index (Phi) is 4.42. The molecule has 0 amide bonds. The third kappa shape index (κ3) is 3.73. The molecule has 0 fully saturated rings. The number of rotatable bonds is 5. The average Bonchev–Trinajstić information content (AvgIpc) is 2.39. The summed E-state index contributed by atoms with van der Waals surface area (Å²) in [6.45, 7) is 1.67. The van der Waals surface area contributed by atoms with Crippen molar-refractivity contribution in [3.05, 3.63) is 59.7 Å². The molecule has 0 aliphatic heterocycles. The van der Waals surface area contributed by atoms with Gasteiger partial charge in [0.15, 0.2) is 0 Å². The highest BCUT2D eigenvalue weighted by molar-refractivity contribution is 5.54. The zero-order valence-corrected chi connectivity index (χ0v) is 11.6. The predicted molar refractivity (Wildman–Crippen MR) is 82.0 cm³/mol. The van der Waals surface area contributed by atoms with Crippen LogP contribution in [0.15, 0.2) is 48.5 Å². The summed E-state index contributed by atoms with van der Waals surface area (Å²) in [6, 6.07) is 16.3. The van der Waals surface area contributed by atoms with E-state index >= 15 is 0 Å². The van der Waals surface area contributed by atoms with Crippen LogP contribution in [0.25, 0.3) is 0 Å². The third-order valence-electron chi connectivity index (χ3n) is 3.03. The number of nitrogens with one attached hydrogen (secondary N) is 1. The number of hydrogen-bond donors (Lipinski definition) is 2. The quantitative estimate of drug-likeness (QED) is 0.807. The van der Waals surface area contributed by atoms with Crippen molar-refractivity contribution in [2.45, 2.75) is 13.1 Å². The number of nitrogens with two attached hydrogens (primary N) is 1. The van der Waals surface area contributed by atoms with Gasteiger partial charge in [-0.2, -0.15) is 0 Å². The Morgan fingerprint density at radius 1 is 0.947 bits per heavy atom. The van der Waals surface area contributed by atoms with Gasteiger partial charge in [-0.25, -0.2) is 0 Å². The molecule has 2 aromatic carbocycles. The summed E-state index contributed by atoms with van der Waals surface area (Å²) < 4.78 is 0. The second-order valence-electron chi connectivity index (χ2n) is 4.95. The van der Waals surface area contributed by atoms with Crippen molar-refractivity contribution >= 4 is 11.4 Å². The van der Waals surface area contributed by atoms with Crippen molar-refractivity contribution in [1.29, 1.82) is 0 Å². The van der Waals surface area contributed by atoms with E-state index in [2.05, 4.69) is 54.6 Å². The molecule has 0 radical (unpaired) electrons. The van der Waals surface area contributed by atoms with Gasteiger partial charge in [-0.05, 0) is 37.4 Å². The Morgan fingerprint density at radius 3 is 2.26 bits per heavy atom. The molecule has 3 heteroatoms. The second kappa shape index (κ2) is 6.25. The average molecular weight is 255 g/mol. The molecule has 0 heterocycles. The Bertz CT molecular complexity index is 535. The van der Waals surface area contributed by atoms with Gasteiger partial charge in [0.1, 0.15) is 0 Å². The van der Waals surface area contributed by atoms with Gasteiger partial charge >= 0.3 is 0 Å². The van der Waals surface area contributed by atoms with Gasteiger partial charge in [0.25, 0.3) is 0 Å². The lowest BCUT2D eigenvalue weighted by Crippen LogP contribution is -2.13. The van der Waals surface area contributed by atoms with E-state index in [0.29, 0.717) is 0 Å². The third-order valence-corrected chi connectivity index (χ3v) is 3.03. The monoisotopic (exact) mass is 255 g/mol. The lowest BCUT2D eigenvalue weighted by molar-refractivity contribution is 0.403. The first kappa shape index (κ1) is 13.4. The van der Waals surface area contributed by atoms with Crippen molar-refractivity contribution in [2.24, 2.45) is 0 Å². The fourth-order valence-electron chi connectivity index (χ4n) is 2.06. The molecule has 19 heavy (non-hydrogen) atoms. The molecule has 0 aromatic heterocycles. The summed E-state index contributed by atoms with van der Waals surface area (Å²) >= 11 is 0. The molecule has 0 saturated heterocycles. The molecule has 2 rings (SSSR count). The Balaban J connectivity index is 2.09. The minimum absolute atomic E-state index is 0.747. The van der Waals surface area contributed by atoms with Crippen LogP contribution >= 0.6 is 0 Å². The number of nitrogens with zero attached hydrogens (tertiary/aromatic N) is 1. The zero-order valence-electron chi connectivity index (χ0n) is 11.6. The highest BCUT2D eigenvalue weighted by Gasteiger charge is 2.03. The lowest BCUT2D eigenvalue weighted by Gasteiger charge is -2.16. The molecule has 0 atom stereocenters. The van der Waals surface area contributed by atoms with E-state index in [1.165, 1.54) is 11.3 Å². The Hall–Kier alpha value is -2.00. The van der Waals surface area contributed by atoms with E-state index in [1.54, 1.807) is 0 Å². The fraction of sp³-hybridized carbons (Fsp3) is 0.250. The van der Waals surface area contributed by atoms with Crippen LogP contribution in [0.2, 0.25) is 0 Å². The van der Waals surface area contributed by atoms with E-state index in [1.807, 2.05) is 18.2 Å². The van der Waals surface area contributed by atoms with Crippen LogP contribution in [0.5, 0.6) is 0 Å². The van der Waals surface area contributed by atoms with Gasteiger partial charge in [-0.15, -0.1) is 0 Å². The number of nitrogen functional groups attached to an aromatic ring is 1. The minimum atomic E-state index is 0.747. The number of hydrogen-bond acceptors (Lipinski definition) is 3. The highest BCUT2D eigenvalue weighted by atomic mass is 15.1. The van der Waals surface area contributed by atoms with Crippen LogP contribution in [0.1, 0.15) is 11.1 Å². The summed E-state index contributed by atoms with van der Waals surface area (Å²) in [5, 5.41) is 3.47. The van der Waals surface area contributed by atoms with Crippen molar-refractivity contribution in [1.82, 2.24) is 4.90 Å². The van der Waals surface area contributed by atoms with Crippen molar-refractivity contribution < 1.29 is 0 Å². The maximum absolute atomic E-state index is 5.96. The molecule has 0 unspecified atom stereocenters. The van der Waals surface area contributed by atoms with Gasteiger partial charge in [0.05, 0.1) is 0 Å². The predicted octanol–water partition coefficient (Wildman–Crippen LogP) is 2.94. The van der Waals surface area contributed by atoms with Gasteiger partial charge in [-0.3, -0.25) is 0 Å². The molecule has 0 aliphatic rings. The molecule has 0 bridgehead atoms. The van der Waals surface area contributed by atoms with Crippen LogP contribution in [0, 0.1) is 0 Å². The maximum atomic E-state index is 5.96. The Morgan fingerprint density at radius 2 is 1.58 bits per heavy atom. The number of para-hydroxylation sites is 2. The first-order chi connectivity index (χ1) is 9.16. The van der Waals surface area contributed by atoms with Gasteiger partial charge in [0, 0.05) is 24.5 Å². The lowest BCUT2D eigenvalue weighted by atomic mass is 10.1. The minimum Gasteiger partial charge on any atom is -0.398 e. The van der Waals surface area contributed by atoms with Crippen LogP contribution in [-0.2, 0) is 13.1 Å². The van der Waals surface area contributed by atoms with Crippen molar-refractivity contribution in [3.8, 4) is 0 Å². The van der Waals surface area contributed by atoms with E-state index in [-0.39, 0.29) is 0 Å². The molecule has 0 aliphatic carbocycles. The second-order valence-corrected chi connectivity index (χ2v) is 4.95. The zero-order chi connectivity index (χ0) is 13.7. The van der Waals surface area contributed by atoms with Gasteiger partial charge < -0.3 is 16.0 Å². The smallest absolute Gasteiger partial charge is 0.0421 e. The van der Waals surface area contributed by atoms with Gasteiger partial charge in [-0.1, -0.05) is 36.4 Å². The Labute approximate surface area is 115 Å². The van der Waals surface area contributed by atoms with E-state index < -0.39 is 0 Å². The van der Waals surface area contributed by atoms with Crippen LogP contribution < -0.4 is 11.1 Å². The van der Waals surface area contributed by atoms with E-state index in [4.69, 9.17) is 5.73 Å². The summed E-state index contributed by atoms with van der Waals surface area (Å²) in [5.74, 6) is 0. The SMILES string of the molecule is CN(C)Cc1ccccc1NCc1ccccc1N. The molecular weight excluding hydrogens is 234 g/mol. The summed E-state index contributed by atoms with van der Waals surface area (Å²) in [5.41, 5.74) is 10.4. The molecule has 3 nitrogen and oxygen atoms in total. The first-order valence-electron chi connectivity index (χ1n) is 6.46. The molecule has 3 N–H and O–H groups in total. The van der Waals surface area contributed by atoms with Crippen LogP contribution in [0.4, 0.5) is 11.4 Å².